The van der Waals surface area contributed by atoms with Crippen molar-refractivity contribution in [2.75, 3.05) is 20.2 Å². The van der Waals surface area contributed by atoms with Crippen LogP contribution in [0.4, 0.5) is 13.2 Å². The number of carbonyl (C=O) groups is 1. The standard InChI is InChI=1S/C30H31F3N2O4.C3H6.Na/c1-18(29(36)37)11-19-3-4-20-6-8-26(39-27(20)12-19)21-5-7-23(24-14-28(38-2)34-15-25(24)31)22(13-21)16-35-10-9-30(32,33)17-35;1-2-3-1;/h3-5,7,12-15,18,26H,6,8-11,16-17H2,1-2H3,(H,36,37);1-3H2;/q;;+1/p-1. The number of carboxylic acids is 1. The Balaban J connectivity index is 0.000000996. The fourth-order valence-electron chi connectivity index (χ4n) is 5.34. The summed E-state index contributed by atoms with van der Waals surface area (Å²) in [7, 11) is 1.45. The minimum atomic E-state index is -2.75. The van der Waals surface area contributed by atoms with Gasteiger partial charge in [0, 0.05) is 37.1 Å². The van der Waals surface area contributed by atoms with Crippen molar-refractivity contribution in [3.8, 4) is 22.8 Å². The summed E-state index contributed by atoms with van der Waals surface area (Å²) >= 11 is 0. The number of pyridine rings is 1. The normalized spacial score (nSPS) is 19.1. The number of ether oxygens (including phenoxy) is 2. The maximum atomic E-state index is 14.9. The van der Waals surface area contributed by atoms with Crippen molar-refractivity contribution >= 4 is 5.97 Å². The smallest absolute Gasteiger partial charge is 0.550 e. The van der Waals surface area contributed by atoms with Gasteiger partial charge in [0.05, 0.1) is 19.9 Å². The number of carbonyl (C=O) groups excluding carboxylic acids is 1. The molecule has 1 saturated carbocycles. The average molecular weight is 605 g/mol. The van der Waals surface area contributed by atoms with Gasteiger partial charge >= 0.3 is 29.6 Å². The number of methoxy groups -OCH3 is 1. The van der Waals surface area contributed by atoms with Crippen LogP contribution in [0, 0.1) is 11.7 Å². The number of hydrogen-bond acceptors (Lipinski definition) is 6. The number of nitrogens with zero attached hydrogens (tertiary/aromatic N) is 2. The molecule has 0 radical (unpaired) electrons. The van der Waals surface area contributed by atoms with E-state index in [0.717, 1.165) is 29.3 Å². The van der Waals surface area contributed by atoms with Gasteiger partial charge in [-0.05, 0) is 59.1 Å². The van der Waals surface area contributed by atoms with Crippen LogP contribution in [0.5, 0.6) is 11.6 Å². The van der Waals surface area contributed by atoms with E-state index in [4.69, 9.17) is 9.47 Å². The van der Waals surface area contributed by atoms with Gasteiger partial charge in [-0.3, -0.25) is 4.90 Å². The van der Waals surface area contributed by atoms with Crippen LogP contribution in [-0.2, 0) is 24.2 Å². The number of likely N-dealkylation sites (tertiary alicyclic amines) is 1. The maximum absolute atomic E-state index is 14.9. The number of fused-ring (bicyclic) bond motifs is 1. The van der Waals surface area contributed by atoms with Crippen LogP contribution in [0.3, 0.4) is 0 Å². The Labute approximate surface area is 272 Å². The van der Waals surface area contributed by atoms with Crippen LogP contribution in [0.15, 0.2) is 48.7 Å². The topological polar surface area (TPSA) is 74.7 Å². The molecule has 6 rings (SSSR count). The molecule has 2 aliphatic heterocycles. The number of benzene rings is 2. The van der Waals surface area contributed by atoms with E-state index in [0.29, 0.717) is 29.7 Å². The fourth-order valence-corrected chi connectivity index (χ4v) is 5.34. The Bertz CT molecular complexity index is 1430. The minimum Gasteiger partial charge on any atom is -0.550 e. The second-order valence-electron chi connectivity index (χ2n) is 11.5. The predicted octanol–water partition coefficient (Wildman–Crippen LogP) is 2.91. The molecule has 2 unspecified atom stereocenters. The number of carboxylic acid groups (broad SMARTS) is 1. The third kappa shape index (κ3) is 8.75. The molecule has 0 bridgehead atoms. The molecule has 2 atom stereocenters. The van der Waals surface area contributed by atoms with Crippen molar-refractivity contribution in [2.24, 2.45) is 5.92 Å². The van der Waals surface area contributed by atoms with E-state index in [1.807, 2.05) is 30.3 Å². The third-order valence-electron chi connectivity index (χ3n) is 7.85. The summed E-state index contributed by atoms with van der Waals surface area (Å²) in [6.07, 6.45) is 6.90. The molecule has 3 aromatic rings. The van der Waals surface area contributed by atoms with Crippen molar-refractivity contribution in [1.29, 1.82) is 0 Å². The zero-order valence-corrected chi connectivity index (χ0v) is 27.0. The summed E-state index contributed by atoms with van der Waals surface area (Å²) < 4.78 is 54.4. The van der Waals surface area contributed by atoms with Crippen LogP contribution in [0.1, 0.15) is 67.4 Å². The molecule has 2 fully saturated rings. The molecule has 43 heavy (non-hydrogen) atoms. The molecule has 224 valence electrons. The van der Waals surface area contributed by atoms with Gasteiger partial charge in [-0.2, -0.15) is 0 Å². The Hall–Kier alpha value is -2.59. The van der Waals surface area contributed by atoms with E-state index in [1.165, 1.54) is 32.4 Å². The number of rotatable bonds is 8. The quantitative estimate of drug-likeness (QED) is 0.369. The third-order valence-corrected chi connectivity index (χ3v) is 7.85. The molecule has 10 heteroatoms. The first-order chi connectivity index (χ1) is 20.1. The summed E-state index contributed by atoms with van der Waals surface area (Å²) in [5, 5.41) is 11.2. The fraction of sp³-hybridized carbons (Fsp3) is 0.455. The molecule has 1 saturated heterocycles. The first-order valence-electron chi connectivity index (χ1n) is 14.5. The molecule has 1 aliphatic carbocycles. The summed E-state index contributed by atoms with van der Waals surface area (Å²) in [5.74, 6) is -4.04. The molecule has 0 N–H and O–H groups in total. The summed E-state index contributed by atoms with van der Waals surface area (Å²) in [5.41, 5.74) is 4.33. The van der Waals surface area contributed by atoms with Crippen LogP contribution >= 0.6 is 0 Å². The molecule has 6 nitrogen and oxygen atoms in total. The largest absolute Gasteiger partial charge is 1.00 e. The number of aromatic nitrogens is 1. The first kappa shape index (κ1) is 33.3. The van der Waals surface area contributed by atoms with E-state index < -0.39 is 23.6 Å². The van der Waals surface area contributed by atoms with E-state index in [1.54, 1.807) is 17.9 Å². The SMILES string of the molecule is C1CC1.COc1cc(-c2ccc(C3CCc4ccc(CC(C)C(=O)[O-])cc4O3)cc2CN2CCC(F)(F)C2)c(F)cn1.[Na+]. The molecular formula is C33H36F3N2NaO4. The molecular weight excluding hydrogens is 568 g/mol. The number of aryl methyl sites for hydroxylation is 1. The number of hydrogen-bond donors (Lipinski definition) is 0. The van der Waals surface area contributed by atoms with Gasteiger partial charge in [-0.1, -0.05) is 56.5 Å². The van der Waals surface area contributed by atoms with Gasteiger partial charge in [-0.25, -0.2) is 18.2 Å². The van der Waals surface area contributed by atoms with Crippen molar-refractivity contribution in [3.05, 3.63) is 76.7 Å². The maximum Gasteiger partial charge on any atom is 1.00 e. The Morgan fingerprint density at radius 3 is 2.58 bits per heavy atom. The predicted molar refractivity (Wildman–Crippen MR) is 151 cm³/mol. The van der Waals surface area contributed by atoms with E-state index >= 15 is 0 Å². The van der Waals surface area contributed by atoms with E-state index in [-0.39, 0.29) is 73.2 Å². The summed E-state index contributed by atoms with van der Waals surface area (Å²) in [6.45, 7) is 1.74. The van der Waals surface area contributed by atoms with Crippen LogP contribution in [0.25, 0.3) is 11.1 Å². The van der Waals surface area contributed by atoms with Crippen molar-refractivity contribution in [2.45, 2.75) is 70.4 Å². The van der Waals surface area contributed by atoms with Gasteiger partial charge in [0.25, 0.3) is 5.92 Å². The van der Waals surface area contributed by atoms with Gasteiger partial charge in [0.1, 0.15) is 17.7 Å². The second-order valence-corrected chi connectivity index (χ2v) is 11.5. The molecule has 3 aliphatic rings. The van der Waals surface area contributed by atoms with Gasteiger partial charge in [0.2, 0.25) is 5.88 Å². The monoisotopic (exact) mass is 604 g/mol. The van der Waals surface area contributed by atoms with Crippen LogP contribution in [0.2, 0.25) is 0 Å². The van der Waals surface area contributed by atoms with Crippen molar-refractivity contribution in [1.82, 2.24) is 9.88 Å². The van der Waals surface area contributed by atoms with Crippen LogP contribution < -0.4 is 44.1 Å². The Morgan fingerprint density at radius 2 is 1.93 bits per heavy atom. The molecule has 1 aromatic heterocycles. The van der Waals surface area contributed by atoms with Crippen LogP contribution in [-0.4, -0.2) is 42.0 Å². The zero-order chi connectivity index (χ0) is 29.9. The van der Waals surface area contributed by atoms with Gasteiger partial charge in [-0.15, -0.1) is 0 Å². The van der Waals surface area contributed by atoms with E-state index in [9.17, 15) is 23.1 Å². The Morgan fingerprint density at radius 1 is 1.16 bits per heavy atom. The molecule has 2 aromatic carbocycles. The first-order valence-corrected chi connectivity index (χ1v) is 14.5. The van der Waals surface area contributed by atoms with Crippen molar-refractivity contribution < 1.29 is 62.1 Å². The second kappa shape index (κ2) is 14.5. The Kier molecular flexibility index (Phi) is 11.2. The summed E-state index contributed by atoms with van der Waals surface area (Å²) in [6, 6.07) is 12.9. The number of aliphatic carboxylic acids is 1. The number of alkyl halides is 2. The number of halogens is 3. The van der Waals surface area contributed by atoms with Gasteiger partial charge in [0.15, 0.2) is 0 Å². The van der Waals surface area contributed by atoms with E-state index in [2.05, 4.69) is 4.98 Å². The average Bonchev–Trinajstić information content (AvgIpc) is 3.82. The summed E-state index contributed by atoms with van der Waals surface area (Å²) in [4.78, 5) is 16.8. The zero-order valence-electron chi connectivity index (χ0n) is 25.0. The molecule has 0 spiro atoms. The molecule has 0 amide bonds. The van der Waals surface area contributed by atoms with Gasteiger partial charge < -0.3 is 19.4 Å². The minimum absolute atomic E-state index is 0. The molecule has 3 heterocycles. The van der Waals surface area contributed by atoms with Crippen molar-refractivity contribution in [3.63, 3.8) is 0 Å².